The maximum atomic E-state index is 12.7. The Hall–Kier alpha value is -0.670. The van der Waals surface area contributed by atoms with Gasteiger partial charge in [-0.05, 0) is 26.0 Å². The van der Waals surface area contributed by atoms with Crippen molar-refractivity contribution in [2.45, 2.75) is 19.4 Å². The summed E-state index contributed by atoms with van der Waals surface area (Å²) in [5, 5.41) is 9.53. The van der Waals surface area contributed by atoms with E-state index < -0.39 is 17.2 Å². The predicted octanol–water partition coefficient (Wildman–Crippen LogP) is 2.85. The van der Waals surface area contributed by atoms with Gasteiger partial charge in [0.25, 0.3) is 0 Å². The Morgan fingerprint density at radius 2 is 1.69 bits per heavy atom. The lowest BCUT2D eigenvalue weighted by Gasteiger charge is -2.19. The molecule has 13 heavy (non-hydrogen) atoms. The summed E-state index contributed by atoms with van der Waals surface area (Å²) in [5.74, 6) is -2.03. The number of aliphatic hydroxyl groups is 1. The van der Waals surface area contributed by atoms with Gasteiger partial charge in [0.05, 0.1) is 5.60 Å². The first kappa shape index (κ1) is 10.4. The van der Waals surface area contributed by atoms with Gasteiger partial charge >= 0.3 is 0 Å². The molecule has 0 bridgehead atoms. The average Bonchev–Trinajstić information content (AvgIpc) is 1.94. The summed E-state index contributed by atoms with van der Waals surface area (Å²) >= 11 is 5.62. The highest BCUT2D eigenvalue weighted by molar-refractivity contribution is 6.31. The second-order valence-corrected chi connectivity index (χ2v) is 3.71. The molecule has 0 radical (unpaired) electrons. The molecule has 0 aliphatic rings. The van der Waals surface area contributed by atoms with Gasteiger partial charge < -0.3 is 5.11 Å². The standard InChI is InChI=1S/C9H9ClF2O/c1-9(2,13)5-3-7(11)8(12)4-6(5)10/h3-4,13H,1-2H3. The fraction of sp³-hybridized carbons (Fsp3) is 0.333. The molecule has 0 spiro atoms. The van der Waals surface area contributed by atoms with Gasteiger partial charge in [-0.25, -0.2) is 8.78 Å². The van der Waals surface area contributed by atoms with Crippen LogP contribution in [0.2, 0.25) is 5.02 Å². The van der Waals surface area contributed by atoms with Gasteiger partial charge in [0.15, 0.2) is 11.6 Å². The van der Waals surface area contributed by atoms with E-state index in [2.05, 4.69) is 0 Å². The van der Waals surface area contributed by atoms with Crippen molar-refractivity contribution in [3.05, 3.63) is 34.4 Å². The van der Waals surface area contributed by atoms with Crippen molar-refractivity contribution < 1.29 is 13.9 Å². The SMILES string of the molecule is CC(C)(O)c1cc(F)c(F)cc1Cl. The van der Waals surface area contributed by atoms with Crippen molar-refractivity contribution in [2.24, 2.45) is 0 Å². The molecule has 1 rings (SSSR count). The summed E-state index contributed by atoms with van der Waals surface area (Å²) in [7, 11) is 0. The Kier molecular flexibility index (Phi) is 2.59. The smallest absolute Gasteiger partial charge is 0.160 e. The minimum atomic E-state index is -1.27. The summed E-state index contributed by atoms with van der Waals surface area (Å²) in [6.45, 7) is 2.90. The summed E-state index contributed by atoms with van der Waals surface area (Å²) in [5.41, 5.74) is -1.10. The zero-order chi connectivity index (χ0) is 10.2. The first-order chi connectivity index (χ1) is 5.82. The van der Waals surface area contributed by atoms with E-state index in [0.717, 1.165) is 12.1 Å². The predicted molar refractivity (Wildman–Crippen MR) is 46.6 cm³/mol. The van der Waals surface area contributed by atoms with Crippen LogP contribution in [-0.4, -0.2) is 5.11 Å². The number of halogens is 3. The van der Waals surface area contributed by atoms with Crippen molar-refractivity contribution in [1.82, 2.24) is 0 Å². The molecule has 0 saturated carbocycles. The first-order valence-corrected chi connectivity index (χ1v) is 4.07. The number of benzene rings is 1. The Balaban J connectivity index is 3.32. The highest BCUT2D eigenvalue weighted by atomic mass is 35.5. The third kappa shape index (κ3) is 2.17. The lowest BCUT2D eigenvalue weighted by atomic mass is 9.98. The molecule has 0 unspecified atom stereocenters. The van der Waals surface area contributed by atoms with Crippen molar-refractivity contribution in [3.63, 3.8) is 0 Å². The van der Waals surface area contributed by atoms with Crippen LogP contribution in [-0.2, 0) is 5.60 Å². The van der Waals surface area contributed by atoms with Crippen molar-refractivity contribution in [1.29, 1.82) is 0 Å². The van der Waals surface area contributed by atoms with Gasteiger partial charge in [-0.1, -0.05) is 11.6 Å². The van der Waals surface area contributed by atoms with E-state index in [1.54, 1.807) is 0 Å². The molecule has 0 fully saturated rings. The Bertz CT molecular complexity index is 331. The largest absolute Gasteiger partial charge is 0.386 e. The highest BCUT2D eigenvalue weighted by Crippen LogP contribution is 2.29. The molecule has 1 aromatic rings. The van der Waals surface area contributed by atoms with Gasteiger partial charge in [-0.3, -0.25) is 0 Å². The molecule has 0 atom stereocenters. The van der Waals surface area contributed by atoms with Crippen LogP contribution < -0.4 is 0 Å². The molecular weight excluding hydrogens is 198 g/mol. The zero-order valence-corrected chi connectivity index (χ0v) is 7.99. The van der Waals surface area contributed by atoms with Crippen molar-refractivity contribution >= 4 is 11.6 Å². The maximum Gasteiger partial charge on any atom is 0.160 e. The molecule has 0 aromatic heterocycles. The molecule has 72 valence electrons. The fourth-order valence-corrected chi connectivity index (χ4v) is 1.37. The summed E-state index contributed by atoms with van der Waals surface area (Å²) in [4.78, 5) is 0. The molecule has 1 N–H and O–H groups in total. The van der Waals surface area contributed by atoms with Crippen LogP contribution in [0.1, 0.15) is 19.4 Å². The van der Waals surface area contributed by atoms with E-state index in [1.807, 2.05) is 0 Å². The topological polar surface area (TPSA) is 20.2 Å². The van der Waals surface area contributed by atoms with Gasteiger partial charge in [0.1, 0.15) is 0 Å². The van der Waals surface area contributed by atoms with E-state index in [4.69, 9.17) is 11.6 Å². The fourth-order valence-electron chi connectivity index (χ4n) is 0.991. The Labute approximate surface area is 80.0 Å². The second kappa shape index (κ2) is 3.24. The van der Waals surface area contributed by atoms with Crippen LogP contribution in [0.3, 0.4) is 0 Å². The van der Waals surface area contributed by atoms with Crippen LogP contribution in [0.5, 0.6) is 0 Å². The highest BCUT2D eigenvalue weighted by Gasteiger charge is 2.21. The molecule has 0 saturated heterocycles. The van der Waals surface area contributed by atoms with Gasteiger partial charge in [0, 0.05) is 10.6 Å². The third-order valence-electron chi connectivity index (χ3n) is 1.67. The first-order valence-electron chi connectivity index (χ1n) is 3.70. The lowest BCUT2D eigenvalue weighted by Crippen LogP contribution is -2.16. The molecule has 1 nitrogen and oxygen atoms in total. The summed E-state index contributed by atoms with van der Waals surface area (Å²) in [6.07, 6.45) is 0. The van der Waals surface area contributed by atoms with Gasteiger partial charge in [-0.15, -0.1) is 0 Å². The van der Waals surface area contributed by atoms with Gasteiger partial charge in [0.2, 0.25) is 0 Å². The average molecular weight is 207 g/mol. The number of hydrogen-bond acceptors (Lipinski definition) is 1. The molecule has 1 aromatic carbocycles. The van der Waals surface area contributed by atoms with Crippen LogP contribution >= 0.6 is 11.6 Å². The Morgan fingerprint density at radius 1 is 1.23 bits per heavy atom. The molecular formula is C9H9ClF2O. The summed E-state index contributed by atoms with van der Waals surface area (Å²) < 4.78 is 25.4. The number of hydrogen-bond donors (Lipinski definition) is 1. The van der Waals surface area contributed by atoms with E-state index in [9.17, 15) is 13.9 Å². The van der Waals surface area contributed by atoms with Crippen LogP contribution in [0.4, 0.5) is 8.78 Å². The van der Waals surface area contributed by atoms with E-state index in [0.29, 0.717) is 0 Å². The van der Waals surface area contributed by atoms with E-state index in [-0.39, 0.29) is 10.6 Å². The minimum Gasteiger partial charge on any atom is -0.386 e. The van der Waals surface area contributed by atoms with Crippen LogP contribution in [0.25, 0.3) is 0 Å². The normalized spacial score (nSPS) is 11.8. The molecule has 0 aliphatic heterocycles. The third-order valence-corrected chi connectivity index (χ3v) is 1.98. The minimum absolute atomic E-state index is 0.0198. The quantitative estimate of drug-likeness (QED) is 0.701. The lowest BCUT2D eigenvalue weighted by molar-refractivity contribution is 0.0782. The number of rotatable bonds is 1. The molecule has 0 aliphatic carbocycles. The second-order valence-electron chi connectivity index (χ2n) is 3.31. The monoisotopic (exact) mass is 206 g/mol. The van der Waals surface area contributed by atoms with Gasteiger partial charge in [-0.2, -0.15) is 0 Å². The molecule has 0 amide bonds. The maximum absolute atomic E-state index is 12.7. The van der Waals surface area contributed by atoms with Crippen molar-refractivity contribution in [3.8, 4) is 0 Å². The zero-order valence-electron chi connectivity index (χ0n) is 7.24. The van der Waals surface area contributed by atoms with Crippen LogP contribution in [0, 0.1) is 11.6 Å². The molecule has 4 heteroatoms. The van der Waals surface area contributed by atoms with E-state index in [1.165, 1.54) is 13.8 Å². The van der Waals surface area contributed by atoms with Crippen molar-refractivity contribution in [2.75, 3.05) is 0 Å². The van der Waals surface area contributed by atoms with E-state index >= 15 is 0 Å². The van der Waals surface area contributed by atoms with Crippen LogP contribution in [0.15, 0.2) is 12.1 Å². The Morgan fingerprint density at radius 3 is 2.15 bits per heavy atom. The summed E-state index contributed by atoms with van der Waals surface area (Å²) in [6, 6.07) is 1.75. The molecule has 0 heterocycles.